The fourth-order valence-corrected chi connectivity index (χ4v) is 2.62. The third-order valence-corrected chi connectivity index (χ3v) is 4.20. The molecule has 0 aliphatic carbocycles. The van der Waals surface area contributed by atoms with Gasteiger partial charge in [0.05, 0.1) is 4.92 Å². The second-order valence-electron chi connectivity index (χ2n) is 6.14. The van der Waals surface area contributed by atoms with Crippen LogP contribution in [-0.4, -0.2) is 36.5 Å². The topological polar surface area (TPSA) is 58.4 Å². The molecule has 20 heavy (non-hydrogen) atoms. The van der Waals surface area contributed by atoms with Crippen molar-refractivity contribution in [3.63, 3.8) is 0 Å². The van der Waals surface area contributed by atoms with Gasteiger partial charge in [0.1, 0.15) is 0 Å². The van der Waals surface area contributed by atoms with Crippen LogP contribution in [0.5, 0.6) is 0 Å². The van der Waals surface area contributed by atoms with Crippen LogP contribution in [0.1, 0.15) is 25.3 Å². The van der Waals surface area contributed by atoms with E-state index < -0.39 is 0 Å². The van der Waals surface area contributed by atoms with E-state index in [0.29, 0.717) is 12.0 Å². The zero-order valence-corrected chi connectivity index (χ0v) is 12.3. The summed E-state index contributed by atoms with van der Waals surface area (Å²) in [6, 6.07) is 6.84. The van der Waals surface area contributed by atoms with E-state index in [4.69, 9.17) is 0 Å². The van der Waals surface area contributed by atoms with Crippen LogP contribution in [0.15, 0.2) is 24.3 Å². The predicted molar refractivity (Wildman–Crippen MR) is 79.6 cm³/mol. The van der Waals surface area contributed by atoms with Crippen molar-refractivity contribution < 1.29 is 4.92 Å². The van der Waals surface area contributed by atoms with Gasteiger partial charge in [-0.15, -0.1) is 0 Å². The molecule has 0 aromatic heterocycles. The first-order valence-corrected chi connectivity index (χ1v) is 7.11. The highest BCUT2D eigenvalue weighted by Gasteiger charge is 2.28. The lowest BCUT2D eigenvalue weighted by Gasteiger charge is -2.38. The van der Waals surface area contributed by atoms with Crippen molar-refractivity contribution in [3.05, 3.63) is 39.9 Å². The standard InChI is InChI=1S/C15H23N3O2/c1-15(6-8-17(2)9-7-15)12-16-11-13-4-3-5-14(10-13)18(19)20/h3-5,10,16H,6-9,11-12H2,1-2H3. The second kappa shape index (κ2) is 6.33. The van der Waals surface area contributed by atoms with E-state index in [2.05, 4.69) is 24.2 Å². The Morgan fingerprint density at radius 2 is 2.10 bits per heavy atom. The van der Waals surface area contributed by atoms with Crippen LogP contribution in [0.2, 0.25) is 0 Å². The van der Waals surface area contributed by atoms with Gasteiger partial charge in [-0.1, -0.05) is 19.1 Å². The van der Waals surface area contributed by atoms with Crippen molar-refractivity contribution in [2.45, 2.75) is 26.3 Å². The third kappa shape index (κ3) is 4.02. The molecule has 1 fully saturated rings. The van der Waals surface area contributed by atoms with E-state index in [0.717, 1.165) is 25.2 Å². The van der Waals surface area contributed by atoms with Gasteiger partial charge in [0, 0.05) is 25.2 Å². The molecule has 2 rings (SSSR count). The van der Waals surface area contributed by atoms with Gasteiger partial charge in [-0.05, 0) is 44.0 Å². The summed E-state index contributed by atoms with van der Waals surface area (Å²) in [7, 11) is 2.16. The molecule has 5 heteroatoms. The Hall–Kier alpha value is -1.46. The van der Waals surface area contributed by atoms with Crippen LogP contribution in [0.3, 0.4) is 0 Å². The fraction of sp³-hybridized carbons (Fsp3) is 0.600. The number of nitrogens with one attached hydrogen (secondary N) is 1. The highest BCUT2D eigenvalue weighted by Crippen LogP contribution is 2.29. The van der Waals surface area contributed by atoms with Crippen molar-refractivity contribution in [2.24, 2.45) is 5.41 Å². The van der Waals surface area contributed by atoms with Gasteiger partial charge in [-0.3, -0.25) is 10.1 Å². The number of rotatable bonds is 5. The molecule has 1 heterocycles. The number of non-ortho nitro benzene ring substituents is 1. The Labute approximate surface area is 120 Å². The monoisotopic (exact) mass is 277 g/mol. The molecule has 0 atom stereocenters. The summed E-state index contributed by atoms with van der Waals surface area (Å²) in [6.07, 6.45) is 2.40. The number of nitro groups is 1. The van der Waals surface area contributed by atoms with Crippen LogP contribution in [0, 0.1) is 15.5 Å². The highest BCUT2D eigenvalue weighted by atomic mass is 16.6. The molecule has 0 radical (unpaired) electrons. The van der Waals surface area contributed by atoms with Crippen LogP contribution in [-0.2, 0) is 6.54 Å². The van der Waals surface area contributed by atoms with Gasteiger partial charge in [0.25, 0.3) is 5.69 Å². The minimum atomic E-state index is -0.345. The van der Waals surface area contributed by atoms with E-state index in [9.17, 15) is 10.1 Å². The lowest BCUT2D eigenvalue weighted by Crippen LogP contribution is -2.41. The number of nitro benzene ring substituents is 1. The molecule has 0 saturated carbocycles. The number of nitrogens with zero attached hydrogens (tertiary/aromatic N) is 2. The fourth-order valence-electron chi connectivity index (χ4n) is 2.62. The molecule has 0 unspecified atom stereocenters. The SMILES string of the molecule is CN1CCC(C)(CNCc2cccc([N+](=O)[O-])c2)CC1. The Balaban J connectivity index is 1.83. The summed E-state index contributed by atoms with van der Waals surface area (Å²) in [5.41, 5.74) is 1.47. The van der Waals surface area contributed by atoms with Crippen LogP contribution in [0.25, 0.3) is 0 Å². The number of hydrogen-bond donors (Lipinski definition) is 1. The Morgan fingerprint density at radius 3 is 2.75 bits per heavy atom. The van der Waals surface area contributed by atoms with Crippen molar-refractivity contribution in [2.75, 3.05) is 26.7 Å². The summed E-state index contributed by atoms with van der Waals surface area (Å²) in [4.78, 5) is 12.8. The molecule has 1 aromatic carbocycles. The number of hydrogen-bond acceptors (Lipinski definition) is 4. The highest BCUT2D eigenvalue weighted by molar-refractivity contribution is 5.34. The van der Waals surface area contributed by atoms with Crippen molar-refractivity contribution >= 4 is 5.69 Å². The number of likely N-dealkylation sites (tertiary alicyclic amines) is 1. The number of benzene rings is 1. The first-order chi connectivity index (χ1) is 9.48. The summed E-state index contributed by atoms with van der Waals surface area (Å²) in [5.74, 6) is 0. The molecule has 1 N–H and O–H groups in total. The minimum absolute atomic E-state index is 0.162. The molecule has 1 aromatic rings. The van der Waals surface area contributed by atoms with E-state index in [1.807, 2.05) is 6.07 Å². The maximum Gasteiger partial charge on any atom is 0.269 e. The molecule has 0 bridgehead atoms. The lowest BCUT2D eigenvalue weighted by molar-refractivity contribution is -0.384. The minimum Gasteiger partial charge on any atom is -0.312 e. The van der Waals surface area contributed by atoms with E-state index >= 15 is 0 Å². The quantitative estimate of drug-likeness (QED) is 0.663. The summed E-state index contributed by atoms with van der Waals surface area (Å²) >= 11 is 0. The lowest BCUT2D eigenvalue weighted by atomic mass is 9.80. The molecule has 1 aliphatic rings. The third-order valence-electron chi connectivity index (χ3n) is 4.20. The maximum atomic E-state index is 10.7. The van der Waals surface area contributed by atoms with Gasteiger partial charge < -0.3 is 10.2 Å². The number of piperidine rings is 1. The molecule has 1 aliphatic heterocycles. The van der Waals surface area contributed by atoms with Crippen molar-refractivity contribution in [1.29, 1.82) is 0 Å². The average molecular weight is 277 g/mol. The molecule has 1 saturated heterocycles. The smallest absolute Gasteiger partial charge is 0.269 e. The molecule has 0 amide bonds. The van der Waals surface area contributed by atoms with Gasteiger partial charge in [-0.2, -0.15) is 0 Å². The van der Waals surface area contributed by atoms with Gasteiger partial charge >= 0.3 is 0 Å². The van der Waals surface area contributed by atoms with Crippen molar-refractivity contribution in [3.8, 4) is 0 Å². The Morgan fingerprint density at radius 1 is 1.40 bits per heavy atom. The van der Waals surface area contributed by atoms with Crippen LogP contribution in [0.4, 0.5) is 5.69 Å². The summed E-state index contributed by atoms with van der Waals surface area (Å²) < 4.78 is 0. The molecule has 5 nitrogen and oxygen atoms in total. The maximum absolute atomic E-state index is 10.7. The largest absolute Gasteiger partial charge is 0.312 e. The first-order valence-electron chi connectivity index (χ1n) is 7.11. The summed E-state index contributed by atoms with van der Waals surface area (Å²) in [5, 5.41) is 14.2. The van der Waals surface area contributed by atoms with Gasteiger partial charge in [0.15, 0.2) is 0 Å². The molecular formula is C15H23N3O2. The zero-order chi connectivity index (χ0) is 14.6. The van der Waals surface area contributed by atoms with Gasteiger partial charge in [-0.25, -0.2) is 0 Å². The van der Waals surface area contributed by atoms with Crippen molar-refractivity contribution in [1.82, 2.24) is 10.2 Å². The normalized spacial score (nSPS) is 18.9. The Bertz CT molecular complexity index is 468. The average Bonchev–Trinajstić information content (AvgIpc) is 2.43. The zero-order valence-electron chi connectivity index (χ0n) is 12.3. The van der Waals surface area contributed by atoms with Crippen LogP contribution >= 0.6 is 0 Å². The Kier molecular flexibility index (Phi) is 4.73. The molecule has 0 spiro atoms. The second-order valence-corrected chi connectivity index (χ2v) is 6.14. The van der Waals surface area contributed by atoms with Crippen LogP contribution < -0.4 is 5.32 Å². The predicted octanol–water partition coefficient (Wildman–Crippen LogP) is 2.42. The summed E-state index contributed by atoms with van der Waals surface area (Å²) in [6.45, 7) is 6.26. The molecular weight excluding hydrogens is 254 g/mol. The van der Waals surface area contributed by atoms with Gasteiger partial charge in [0.2, 0.25) is 0 Å². The van der Waals surface area contributed by atoms with E-state index in [1.54, 1.807) is 12.1 Å². The molecule has 110 valence electrons. The van der Waals surface area contributed by atoms with E-state index in [1.165, 1.54) is 18.9 Å². The van der Waals surface area contributed by atoms with E-state index in [-0.39, 0.29) is 10.6 Å². The first kappa shape index (κ1) is 14.9.